The fraction of sp³-hybridized carbons (Fsp3) is 0.231. The van der Waals surface area contributed by atoms with Gasteiger partial charge in [0.25, 0.3) is 0 Å². The third kappa shape index (κ3) is 6.16. The molecule has 4 rings (SSSR count). The molecule has 1 aromatic carbocycles. The van der Waals surface area contributed by atoms with E-state index < -0.39 is 0 Å². The maximum absolute atomic E-state index is 11.6. The first-order valence-corrected chi connectivity index (χ1v) is 11.6. The van der Waals surface area contributed by atoms with E-state index in [1.807, 2.05) is 25.1 Å². The zero-order valence-corrected chi connectivity index (χ0v) is 20.5. The summed E-state index contributed by atoms with van der Waals surface area (Å²) < 4.78 is 6.08. The van der Waals surface area contributed by atoms with Gasteiger partial charge in [0.2, 0.25) is 17.7 Å². The van der Waals surface area contributed by atoms with Crippen LogP contribution in [0, 0.1) is 0 Å². The Balaban J connectivity index is 1.53. The number of aromatic nitrogens is 3. The highest BCUT2D eigenvalue weighted by molar-refractivity contribution is 5.99. The van der Waals surface area contributed by atoms with Crippen LogP contribution in [0.15, 0.2) is 77.8 Å². The minimum atomic E-state index is -0.299. The molecule has 1 aliphatic heterocycles. The molecule has 0 bridgehead atoms. The summed E-state index contributed by atoms with van der Waals surface area (Å²) in [4.78, 5) is 32.6. The van der Waals surface area contributed by atoms with Gasteiger partial charge in [-0.2, -0.15) is 9.97 Å². The van der Waals surface area contributed by atoms with Gasteiger partial charge in [0.05, 0.1) is 5.39 Å². The van der Waals surface area contributed by atoms with Gasteiger partial charge in [-0.3, -0.25) is 4.79 Å². The molecule has 0 atom stereocenters. The number of nitrogens with zero attached hydrogens (tertiary/aromatic N) is 5. The first kappa shape index (κ1) is 24.7. The lowest BCUT2D eigenvalue weighted by molar-refractivity contribution is -0.111. The minimum absolute atomic E-state index is 0.299. The number of benzene rings is 1. The van der Waals surface area contributed by atoms with E-state index in [1.54, 1.807) is 30.5 Å². The van der Waals surface area contributed by atoms with Gasteiger partial charge in [-0.15, -0.1) is 0 Å². The zero-order chi connectivity index (χ0) is 25.5. The number of ether oxygens (including phenoxy) is 1. The molecule has 0 aliphatic carbocycles. The van der Waals surface area contributed by atoms with Gasteiger partial charge in [0.15, 0.2) is 0 Å². The number of fused-ring (bicyclic) bond motifs is 1. The number of allylic oxidation sites excluding steroid dienone is 3. The van der Waals surface area contributed by atoms with Gasteiger partial charge in [-0.1, -0.05) is 12.6 Å². The van der Waals surface area contributed by atoms with E-state index in [2.05, 4.69) is 60.7 Å². The van der Waals surface area contributed by atoms with Crippen LogP contribution in [0.4, 0.5) is 11.6 Å². The van der Waals surface area contributed by atoms with E-state index in [4.69, 9.17) is 4.74 Å². The van der Waals surface area contributed by atoms with Gasteiger partial charge in [0.1, 0.15) is 17.2 Å². The topological polar surface area (TPSA) is 111 Å². The molecule has 1 fully saturated rings. The van der Waals surface area contributed by atoms with Gasteiger partial charge in [-0.25, -0.2) is 4.99 Å². The molecule has 36 heavy (non-hydrogen) atoms. The van der Waals surface area contributed by atoms with Crippen LogP contribution < -0.4 is 15.4 Å². The van der Waals surface area contributed by atoms with Crippen LogP contribution in [-0.2, 0) is 4.79 Å². The number of anilines is 2. The molecule has 1 saturated heterocycles. The molecule has 0 radical (unpaired) electrons. The first-order chi connectivity index (χ1) is 17.4. The van der Waals surface area contributed by atoms with Crippen molar-refractivity contribution >= 4 is 35.3 Å². The van der Waals surface area contributed by atoms with Gasteiger partial charge in [0, 0.05) is 49.8 Å². The number of piperazine rings is 1. The second-order valence-electron chi connectivity index (χ2n) is 8.36. The lowest BCUT2D eigenvalue weighted by Crippen LogP contribution is -2.43. The maximum atomic E-state index is 11.6. The summed E-state index contributed by atoms with van der Waals surface area (Å²) in [5.41, 5.74) is 2.05. The maximum Gasteiger partial charge on any atom is 0.247 e. The molecular weight excluding hydrogens is 456 g/mol. The van der Waals surface area contributed by atoms with E-state index in [-0.39, 0.29) is 5.91 Å². The van der Waals surface area contributed by atoms with Crippen molar-refractivity contribution in [3.8, 4) is 11.6 Å². The zero-order valence-electron chi connectivity index (χ0n) is 20.5. The highest BCUT2D eigenvalue weighted by Gasteiger charge is 2.15. The number of likely N-dealkylation sites (N-methyl/N-ethyl adjacent to an activating group) is 1. The van der Waals surface area contributed by atoms with Gasteiger partial charge < -0.3 is 30.2 Å². The molecule has 0 saturated carbocycles. The predicted octanol–water partition coefficient (Wildman–Crippen LogP) is 3.98. The quantitative estimate of drug-likeness (QED) is 0.238. The summed E-state index contributed by atoms with van der Waals surface area (Å²) in [5.74, 6) is 1.81. The van der Waals surface area contributed by atoms with Crippen LogP contribution in [0.3, 0.4) is 0 Å². The number of H-pyrrole nitrogens is 1. The Labute approximate surface area is 210 Å². The number of rotatable bonds is 9. The number of nitrogens with one attached hydrogen (secondary N) is 3. The van der Waals surface area contributed by atoms with Crippen molar-refractivity contribution in [3.05, 3.63) is 72.9 Å². The van der Waals surface area contributed by atoms with E-state index in [9.17, 15) is 4.79 Å². The third-order valence-corrected chi connectivity index (χ3v) is 5.66. The first-order valence-electron chi connectivity index (χ1n) is 11.6. The van der Waals surface area contributed by atoms with Crippen molar-refractivity contribution in [2.75, 3.05) is 43.9 Å². The third-order valence-electron chi connectivity index (χ3n) is 5.66. The fourth-order valence-corrected chi connectivity index (χ4v) is 3.70. The molecule has 10 nitrogen and oxygen atoms in total. The molecule has 186 valence electrons. The molecule has 3 N–H and O–H groups in total. The number of hydrogen-bond acceptors (Lipinski definition) is 8. The van der Waals surface area contributed by atoms with Crippen molar-refractivity contribution in [3.63, 3.8) is 0 Å². The normalized spacial score (nSPS) is 15.0. The fourth-order valence-electron chi connectivity index (χ4n) is 3.70. The molecule has 3 heterocycles. The highest BCUT2D eigenvalue weighted by Crippen LogP contribution is 2.29. The summed E-state index contributed by atoms with van der Waals surface area (Å²) >= 11 is 0. The molecule has 3 aromatic rings. The number of amides is 1. The second-order valence-corrected chi connectivity index (χ2v) is 8.36. The van der Waals surface area contributed by atoms with Crippen molar-refractivity contribution in [2.45, 2.75) is 6.92 Å². The summed E-state index contributed by atoms with van der Waals surface area (Å²) in [7, 11) is 2.12. The average molecular weight is 487 g/mol. The largest absolute Gasteiger partial charge is 0.438 e. The van der Waals surface area contributed by atoms with E-state index in [0.29, 0.717) is 28.9 Å². The average Bonchev–Trinajstić information content (AvgIpc) is 3.34. The van der Waals surface area contributed by atoms with Crippen molar-refractivity contribution in [1.29, 1.82) is 0 Å². The number of hydrogen-bond donors (Lipinski definition) is 3. The Morgan fingerprint density at radius 1 is 1.17 bits per heavy atom. The minimum Gasteiger partial charge on any atom is -0.438 e. The molecule has 0 unspecified atom stereocenters. The Kier molecular flexibility index (Phi) is 7.76. The highest BCUT2D eigenvalue weighted by atomic mass is 16.5. The van der Waals surface area contributed by atoms with Crippen LogP contribution in [-0.4, -0.2) is 70.6 Å². The summed E-state index contributed by atoms with van der Waals surface area (Å²) in [5, 5.41) is 6.68. The SMILES string of the molecule is C=CC(=O)Nc1cccc(Oc2nc(N/C(C)=C/C=C(\N=C)N3CCN(C)CC3)nc3[nH]ccc23)c1. The summed E-state index contributed by atoms with van der Waals surface area (Å²) in [6.07, 6.45) is 6.86. The van der Waals surface area contributed by atoms with Crippen molar-refractivity contribution in [1.82, 2.24) is 24.8 Å². The Morgan fingerprint density at radius 3 is 2.72 bits per heavy atom. The number of carbonyl (C=O) groups excluding carboxylic acids is 1. The Bertz CT molecular complexity index is 1320. The van der Waals surface area contributed by atoms with Crippen LogP contribution in [0.25, 0.3) is 11.0 Å². The molecule has 0 spiro atoms. The predicted molar refractivity (Wildman–Crippen MR) is 143 cm³/mol. The van der Waals surface area contributed by atoms with Gasteiger partial charge in [-0.05, 0) is 57.1 Å². The Hall–Kier alpha value is -4.44. The second kappa shape index (κ2) is 11.3. The summed E-state index contributed by atoms with van der Waals surface area (Å²) in [6.45, 7) is 12.9. The van der Waals surface area contributed by atoms with Crippen LogP contribution >= 0.6 is 0 Å². The van der Waals surface area contributed by atoms with Crippen LogP contribution in [0.1, 0.15) is 6.92 Å². The van der Waals surface area contributed by atoms with Crippen LogP contribution in [0.5, 0.6) is 11.6 Å². The van der Waals surface area contributed by atoms with Crippen molar-refractivity contribution in [2.24, 2.45) is 4.99 Å². The number of carbonyl (C=O) groups is 1. The summed E-state index contributed by atoms with van der Waals surface area (Å²) in [6, 6.07) is 8.90. The van der Waals surface area contributed by atoms with E-state index >= 15 is 0 Å². The lowest BCUT2D eigenvalue weighted by atomic mass is 10.3. The molecule has 1 amide bonds. The lowest BCUT2D eigenvalue weighted by Gasteiger charge is -2.33. The molecule has 1 aliphatic rings. The van der Waals surface area contributed by atoms with E-state index in [1.165, 1.54) is 6.08 Å². The van der Waals surface area contributed by atoms with E-state index in [0.717, 1.165) is 43.1 Å². The van der Waals surface area contributed by atoms with Gasteiger partial charge >= 0.3 is 0 Å². The standard InChI is InChI=1S/C26H30N8O2/c1-5-23(35)30-19-7-6-8-20(17-19)36-25-21-11-12-28-24(21)31-26(32-25)29-18(2)9-10-22(27-3)34-15-13-33(4)14-16-34/h5-12,17H,1,3,13-16H2,2,4H3,(H,30,35)(H2,28,29,31,32)/b18-9+,22-10+. The molecule has 2 aromatic heterocycles. The molecule has 10 heteroatoms. The number of aromatic amines is 1. The monoisotopic (exact) mass is 486 g/mol. The molecular formula is C26H30N8O2. The Morgan fingerprint density at radius 2 is 1.97 bits per heavy atom. The van der Waals surface area contributed by atoms with Crippen LogP contribution in [0.2, 0.25) is 0 Å². The number of aliphatic imine (C=N–C) groups is 1. The van der Waals surface area contributed by atoms with Crippen molar-refractivity contribution < 1.29 is 9.53 Å². The smallest absolute Gasteiger partial charge is 0.247 e.